The summed E-state index contributed by atoms with van der Waals surface area (Å²) in [7, 11) is -0.981. The number of rotatable bonds is 4. The van der Waals surface area contributed by atoms with Crippen LogP contribution in [0.25, 0.3) is 0 Å². The van der Waals surface area contributed by atoms with Crippen molar-refractivity contribution in [3.63, 3.8) is 0 Å². The molecule has 0 spiro atoms. The maximum Gasteiger partial charge on any atom is 0.522 e. The number of hydrogen-bond acceptors (Lipinski definition) is 8. The van der Waals surface area contributed by atoms with Gasteiger partial charge in [-0.3, -0.25) is 0 Å². The molecule has 0 aliphatic carbocycles. The second kappa shape index (κ2) is 7.12. The van der Waals surface area contributed by atoms with Crippen LogP contribution in [0.4, 0.5) is 5.13 Å². The van der Waals surface area contributed by atoms with E-state index in [-0.39, 0.29) is 17.4 Å². The third-order valence-corrected chi connectivity index (χ3v) is 5.43. The molecule has 3 heterocycles. The second-order valence-corrected chi connectivity index (χ2v) is 7.18. The number of hydrogen-bond donors (Lipinski definition) is 2. The standard InChI is InChI=1S/C16H18BN3O5S/c21-15(22)13-12(2-1-10-3-6-17(23)25-14(10)13)24-11-4-7-20(8-5-11)16-19-18-9-26-16/h1-2,9,11,23H,3-8H2,(H,21,22). The fourth-order valence-corrected chi connectivity index (χ4v) is 3.98. The molecule has 2 aliphatic rings. The van der Waals surface area contributed by atoms with Gasteiger partial charge in [-0.1, -0.05) is 17.4 Å². The number of carbonyl (C=O) groups is 1. The molecule has 0 atom stereocenters. The Morgan fingerprint density at radius 1 is 1.38 bits per heavy atom. The predicted octanol–water partition coefficient (Wildman–Crippen LogP) is 1.70. The average Bonchev–Trinajstić information content (AvgIpc) is 3.16. The highest BCUT2D eigenvalue weighted by Crippen LogP contribution is 2.37. The van der Waals surface area contributed by atoms with Crippen LogP contribution < -0.4 is 14.3 Å². The van der Waals surface area contributed by atoms with Gasteiger partial charge in [-0.15, -0.1) is 10.2 Å². The van der Waals surface area contributed by atoms with Gasteiger partial charge in [0.25, 0.3) is 0 Å². The molecule has 0 unspecified atom stereocenters. The van der Waals surface area contributed by atoms with Gasteiger partial charge in [-0.05, 0) is 24.4 Å². The molecule has 0 bridgehead atoms. The first-order chi connectivity index (χ1) is 12.6. The molecule has 0 saturated carbocycles. The number of benzene rings is 1. The van der Waals surface area contributed by atoms with Crippen molar-refractivity contribution >= 4 is 29.6 Å². The maximum atomic E-state index is 11.8. The van der Waals surface area contributed by atoms with Crippen LogP contribution >= 0.6 is 11.3 Å². The van der Waals surface area contributed by atoms with E-state index in [0.29, 0.717) is 18.5 Å². The summed E-state index contributed by atoms with van der Waals surface area (Å²) in [6.07, 6.45) is 2.48. The molecule has 0 radical (unpaired) electrons. The van der Waals surface area contributed by atoms with Crippen LogP contribution in [0.3, 0.4) is 0 Å². The van der Waals surface area contributed by atoms with Crippen LogP contribution in [0, 0.1) is 0 Å². The first kappa shape index (κ1) is 17.1. The molecule has 2 aliphatic heterocycles. The van der Waals surface area contributed by atoms with Gasteiger partial charge in [0.1, 0.15) is 28.7 Å². The first-order valence-corrected chi connectivity index (χ1v) is 9.41. The van der Waals surface area contributed by atoms with Crippen molar-refractivity contribution in [2.75, 3.05) is 18.0 Å². The zero-order valence-corrected chi connectivity index (χ0v) is 14.8. The van der Waals surface area contributed by atoms with Gasteiger partial charge in [0, 0.05) is 25.9 Å². The van der Waals surface area contributed by atoms with Crippen molar-refractivity contribution in [3.05, 3.63) is 28.8 Å². The topological polar surface area (TPSA) is 105 Å². The van der Waals surface area contributed by atoms with Gasteiger partial charge < -0.3 is 24.4 Å². The Kier molecular flexibility index (Phi) is 4.69. The van der Waals surface area contributed by atoms with Gasteiger partial charge in [-0.25, -0.2) is 4.79 Å². The van der Waals surface area contributed by atoms with Crippen molar-refractivity contribution in [1.29, 1.82) is 0 Å². The predicted molar refractivity (Wildman–Crippen MR) is 96.3 cm³/mol. The molecule has 1 fully saturated rings. The Hall–Kier alpha value is -2.33. The number of nitrogens with zero attached hydrogens (tertiary/aromatic N) is 3. The number of fused-ring (bicyclic) bond motifs is 1. The highest BCUT2D eigenvalue weighted by atomic mass is 32.1. The van der Waals surface area contributed by atoms with E-state index in [0.717, 1.165) is 36.6 Å². The quantitative estimate of drug-likeness (QED) is 0.778. The molecule has 10 heteroatoms. The highest BCUT2D eigenvalue weighted by molar-refractivity contribution is 7.13. The van der Waals surface area contributed by atoms with E-state index < -0.39 is 13.1 Å². The lowest BCUT2D eigenvalue weighted by molar-refractivity contribution is 0.0684. The van der Waals surface area contributed by atoms with E-state index in [1.807, 2.05) is 6.07 Å². The number of aromatic nitrogens is 2. The lowest BCUT2D eigenvalue weighted by Crippen LogP contribution is -2.38. The summed E-state index contributed by atoms with van der Waals surface area (Å²) in [6.45, 7) is 1.56. The smallest absolute Gasteiger partial charge is 0.522 e. The SMILES string of the molecule is O=C(O)c1c(OC2CCN(c3nncs3)CC2)ccc2c1OB(O)CC2. The molecule has 8 nitrogen and oxygen atoms in total. The van der Waals surface area contributed by atoms with Crippen molar-refractivity contribution in [3.8, 4) is 11.5 Å². The molecule has 0 amide bonds. The molecule has 1 saturated heterocycles. The minimum absolute atomic E-state index is 0.00666. The van der Waals surface area contributed by atoms with Gasteiger partial charge in [0.15, 0.2) is 0 Å². The summed E-state index contributed by atoms with van der Waals surface area (Å²) < 4.78 is 11.4. The van der Waals surface area contributed by atoms with Gasteiger partial charge in [0.2, 0.25) is 5.13 Å². The number of anilines is 1. The van der Waals surface area contributed by atoms with Gasteiger partial charge in [-0.2, -0.15) is 0 Å². The van der Waals surface area contributed by atoms with E-state index in [4.69, 9.17) is 9.39 Å². The Morgan fingerprint density at radius 2 is 2.19 bits per heavy atom. The second-order valence-electron chi connectivity index (χ2n) is 6.37. The molecular weight excluding hydrogens is 357 g/mol. The zero-order valence-electron chi connectivity index (χ0n) is 14.0. The first-order valence-electron chi connectivity index (χ1n) is 8.53. The van der Waals surface area contributed by atoms with E-state index in [2.05, 4.69) is 15.1 Å². The summed E-state index contributed by atoms with van der Waals surface area (Å²) in [6, 6.07) is 3.51. The van der Waals surface area contributed by atoms with Crippen molar-refractivity contribution < 1.29 is 24.3 Å². The van der Waals surface area contributed by atoms with E-state index in [1.54, 1.807) is 11.6 Å². The number of ether oxygens (including phenoxy) is 1. The third kappa shape index (κ3) is 3.34. The molecule has 2 aromatic rings. The normalized spacial score (nSPS) is 17.6. The summed E-state index contributed by atoms with van der Waals surface area (Å²) in [5, 5.41) is 28.2. The fraction of sp³-hybridized carbons (Fsp3) is 0.438. The third-order valence-electron chi connectivity index (χ3n) is 4.68. The molecule has 1 aromatic heterocycles. The number of aryl methyl sites for hydroxylation is 1. The van der Waals surface area contributed by atoms with E-state index in [1.165, 1.54) is 11.3 Å². The van der Waals surface area contributed by atoms with E-state index >= 15 is 0 Å². The summed E-state index contributed by atoms with van der Waals surface area (Å²) in [5.74, 6) is -0.600. The lowest BCUT2D eigenvalue weighted by atomic mass is 9.78. The van der Waals surface area contributed by atoms with Crippen LogP contribution in [-0.2, 0) is 6.42 Å². The largest absolute Gasteiger partial charge is 0.535 e. The van der Waals surface area contributed by atoms with Gasteiger partial charge in [0.05, 0.1) is 0 Å². The minimum atomic E-state index is -1.11. The number of aromatic carboxylic acids is 1. The molecule has 2 N–H and O–H groups in total. The number of carboxylic acids is 1. The van der Waals surface area contributed by atoms with Crippen LogP contribution in [0.15, 0.2) is 17.6 Å². The van der Waals surface area contributed by atoms with Crippen LogP contribution in [0.2, 0.25) is 6.32 Å². The Bertz CT molecular complexity index is 795. The Morgan fingerprint density at radius 3 is 2.88 bits per heavy atom. The monoisotopic (exact) mass is 375 g/mol. The average molecular weight is 375 g/mol. The summed E-state index contributed by atoms with van der Waals surface area (Å²) in [5.41, 5.74) is 2.48. The Balaban J connectivity index is 1.50. The van der Waals surface area contributed by atoms with Crippen molar-refractivity contribution in [1.82, 2.24) is 10.2 Å². The fourth-order valence-electron chi connectivity index (χ4n) is 3.36. The lowest BCUT2D eigenvalue weighted by Gasteiger charge is -2.32. The van der Waals surface area contributed by atoms with Crippen LogP contribution in [-0.4, -0.2) is 52.6 Å². The van der Waals surface area contributed by atoms with Crippen molar-refractivity contribution in [2.45, 2.75) is 31.7 Å². The zero-order chi connectivity index (χ0) is 18.1. The molecule has 1 aromatic carbocycles. The van der Waals surface area contributed by atoms with Crippen molar-refractivity contribution in [2.24, 2.45) is 0 Å². The molecule has 26 heavy (non-hydrogen) atoms. The van der Waals surface area contributed by atoms with Crippen LogP contribution in [0.1, 0.15) is 28.8 Å². The Labute approximate surface area is 154 Å². The van der Waals surface area contributed by atoms with Crippen LogP contribution in [0.5, 0.6) is 11.5 Å². The highest BCUT2D eigenvalue weighted by Gasteiger charge is 2.31. The molecule has 136 valence electrons. The maximum absolute atomic E-state index is 11.8. The van der Waals surface area contributed by atoms with E-state index in [9.17, 15) is 14.9 Å². The summed E-state index contributed by atoms with van der Waals surface area (Å²) >= 11 is 1.50. The summed E-state index contributed by atoms with van der Waals surface area (Å²) in [4.78, 5) is 13.9. The molecular formula is C16H18BN3O5S. The number of piperidine rings is 1. The van der Waals surface area contributed by atoms with Gasteiger partial charge >= 0.3 is 13.1 Å². The number of carboxylic acid groups (broad SMARTS) is 1. The minimum Gasteiger partial charge on any atom is -0.535 e. The molecule has 4 rings (SSSR count).